The van der Waals surface area contributed by atoms with E-state index in [9.17, 15) is 9.59 Å². The van der Waals surface area contributed by atoms with Crippen molar-refractivity contribution in [3.05, 3.63) is 81.8 Å². The van der Waals surface area contributed by atoms with Crippen molar-refractivity contribution in [1.82, 2.24) is 15.2 Å². The second-order valence-corrected chi connectivity index (χ2v) is 6.91. The molecular weight excluding hydrogens is 354 g/mol. The lowest BCUT2D eigenvalue weighted by Crippen LogP contribution is -2.49. The molecule has 1 aliphatic rings. The summed E-state index contributed by atoms with van der Waals surface area (Å²) in [6, 6.07) is 15.0. The average molecular weight is 377 g/mol. The van der Waals surface area contributed by atoms with E-state index in [0.29, 0.717) is 31.1 Å². The highest BCUT2D eigenvalue weighted by atomic mass is 16.3. The molecule has 3 aromatic rings. The van der Waals surface area contributed by atoms with Crippen LogP contribution in [0.25, 0.3) is 11.5 Å². The first kappa shape index (κ1) is 18.3. The molecule has 1 amide bonds. The summed E-state index contributed by atoms with van der Waals surface area (Å²) in [5.41, 5.74) is 2.63. The molecule has 1 fully saturated rings. The lowest BCUT2D eigenvalue weighted by molar-refractivity contribution is 0.0632. The van der Waals surface area contributed by atoms with E-state index in [2.05, 4.69) is 41.5 Å². The van der Waals surface area contributed by atoms with Gasteiger partial charge >= 0.3 is 0 Å². The van der Waals surface area contributed by atoms with Crippen molar-refractivity contribution < 1.29 is 9.21 Å². The van der Waals surface area contributed by atoms with Crippen molar-refractivity contribution in [2.24, 2.45) is 0 Å². The number of aryl methyl sites for hydroxylation is 1. The summed E-state index contributed by atoms with van der Waals surface area (Å²) >= 11 is 0. The number of rotatable bonds is 4. The van der Waals surface area contributed by atoms with Gasteiger partial charge in [-0.3, -0.25) is 9.59 Å². The molecule has 0 aliphatic carbocycles. The molecule has 4 rings (SSSR count). The Morgan fingerprint density at radius 1 is 1.18 bits per heavy atom. The summed E-state index contributed by atoms with van der Waals surface area (Å²) in [4.78, 5) is 30.3. The van der Waals surface area contributed by atoms with Crippen molar-refractivity contribution in [3.8, 4) is 11.5 Å². The molecule has 0 spiro atoms. The maximum absolute atomic E-state index is 13.2. The van der Waals surface area contributed by atoms with Gasteiger partial charge in [0.05, 0.1) is 18.0 Å². The van der Waals surface area contributed by atoms with Crippen LogP contribution in [0, 0.1) is 0 Å². The molecule has 6 nitrogen and oxygen atoms in total. The standard InChI is InChI=1S/C22H23N3O3/c1-2-15-5-7-16(8-6-15)19-14-23-11-12-25(19)22(27)17-9-10-18(24-21(17)26)20-4-3-13-28-20/h3-10,13,19,23H,2,11-12,14H2,1H3,(H,24,26). The summed E-state index contributed by atoms with van der Waals surface area (Å²) in [6.07, 6.45) is 2.52. The number of nitrogens with zero attached hydrogens (tertiary/aromatic N) is 1. The van der Waals surface area contributed by atoms with Crippen LogP contribution in [0.2, 0.25) is 0 Å². The largest absolute Gasteiger partial charge is 0.463 e. The maximum atomic E-state index is 13.2. The molecule has 1 aromatic carbocycles. The predicted molar refractivity (Wildman–Crippen MR) is 107 cm³/mol. The van der Waals surface area contributed by atoms with E-state index < -0.39 is 5.56 Å². The fourth-order valence-corrected chi connectivity index (χ4v) is 3.59. The number of amides is 1. The zero-order valence-corrected chi connectivity index (χ0v) is 15.8. The van der Waals surface area contributed by atoms with Crippen LogP contribution in [-0.4, -0.2) is 35.4 Å². The number of H-pyrrole nitrogens is 1. The Balaban J connectivity index is 1.62. The van der Waals surface area contributed by atoms with Crippen molar-refractivity contribution in [1.29, 1.82) is 0 Å². The number of aromatic nitrogens is 1. The minimum absolute atomic E-state index is 0.101. The van der Waals surface area contributed by atoms with E-state index in [-0.39, 0.29) is 17.5 Å². The smallest absolute Gasteiger partial charge is 0.261 e. The summed E-state index contributed by atoms with van der Waals surface area (Å²) in [5, 5.41) is 3.35. The zero-order valence-electron chi connectivity index (χ0n) is 15.8. The molecule has 2 aromatic heterocycles. The van der Waals surface area contributed by atoms with Gasteiger partial charge in [0.25, 0.3) is 11.5 Å². The molecule has 1 unspecified atom stereocenters. The number of nitrogens with one attached hydrogen (secondary N) is 2. The van der Waals surface area contributed by atoms with Gasteiger partial charge in [0.2, 0.25) is 0 Å². The SMILES string of the molecule is CCc1ccc(C2CNCCN2C(=O)c2ccc(-c3ccco3)[nH]c2=O)cc1. The van der Waals surface area contributed by atoms with Crippen LogP contribution in [-0.2, 0) is 6.42 Å². The molecule has 1 atom stereocenters. The zero-order chi connectivity index (χ0) is 19.5. The van der Waals surface area contributed by atoms with Crippen LogP contribution in [0.3, 0.4) is 0 Å². The van der Waals surface area contributed by atoms with Crippen LogP contribution in [0.5, 0.6) is 0 Å². The van der Waals surface area contributed by atoms with Crippen molar-refractivity contribution in [2.45, 2.75) is 19.4 Å². The van der Waals surface area contributed by atoms with Crippen LogP contribution in [0.1, 0.15) is 34.5 Å². The Morgan fingerprint density at radius 2 is 2.00 bits per heavy atom. The molecule has 144 valence electrons. The first-order valence-corrected chi connectivity index (χ1v) is 9.55. The average Bonchev–Trinajstić information content (AvgIpc) is 3.28. The lowest BCUT2D eigenvalue weighted by atomic mass is 10.00. The minimum Gasteiger partial charge on any atom is -0.463 e. The Labute approximate surface area is 163 Å². The van der Waals surface area contributed by atoms with E-state index in [1.54, 1.807) is 35.4 Å². The Hall–Kier alpha value is -3.12. The summed E-state index contributed by atoms with van der Waals surface area (Å²) in [7, 11) is 0. The quantitative estimate of drug-likeness (QED) is 0.733. The molecule has 6 heteroatoms. The van der Waals surface area contributed by atoms with Gasteiger partial charge in [-0.25, -0.2) is 0 Å². The van der Waals surface area contributed by atoms with E-state index >= 15 is 0 Å². The van der Waals surface area contributed by atoms with E-state index in [0.717, 1.165) is 12.0 Å². The fraction of sp³-hybridized carbons (Fsp3) is 0.273. The third-order valence-electron chi connectivity index (χ3n) is 5.20. The van der Waals surface area contributed by atoms with Crippen LogP contribution in [0.4, 0.5) is 0 Å². The number of benzene rings is 1. The van der Waals surface area contributed by atoms with E-state index in [1.165, 1.54) is 5.56 Å². The molecule has 1 aliphatic heterocycles. The van der Waals surface area contributed by atoms with Gasteiger partial charge in [0, 0.05) is 19.6 Å². The monoisotopic (exact) mass is 377 g/mol. The molecular formula is C22H23N3O3. The minimum atomic E-state index is -0.405. The Bertz CT molecular complexity index is 1010. The first-order chi connectivity index (χ1) is 13.7. The third kappa shape index (κ3) is 3.51. The van der Waals surface area contributed by atoms with Gasteiger partial charge in [-0.1, -0.05) is 31.2 Å². The summed E-state index contributed by atoms with van der Waals surface area (Å²) in [6.45, 7) is 4.04. The maximum Gasteiger partial charge on any atom is 0.261 e. The molecule has 0 radical (unpaired) electrons. The predicted octanol–water partition coefficient (Wildman–Crippen LogP) is 2.98. The van der Waals surface area contributed by atoms with Gasteiger partial charge in [-0.05, 0) is 41.8 Å². The Kier molecular flexibility index (Phi) is 5.12. The number of carbonyl (C=O) groups is 1. The second-order valence-electron chi connectivity index (χ2n) is 6.91. The van der Waals surface area contributed by atoms with Gasteiger partial charge in [0.1, 0.15) is 11.3 Å². The van der Waals surface area contributed by atoms with Crippen molar-refractivity contribution in [2.75, 3.05) is 19.6 Å². The van der Waals surface area contributed by atoms with E-state index in [4.69, 9.17) is 4.42 Å². The molecule has 1 saturated heterocycles. The van der Waals surface area contributed by atoms with Gasteiger partial charge in [0.15, 0.2) is 0 Å². The highest BCUT2D eigenvalue weighted by Crippen LogP contribution is 2.24. The number of carbonyl (C=O) groups excluding carboxylic acids is 1. The summed E-state index contributed by atoms with van der Waals surface area (Å²) < 4.78 is 5.31. The number of furan rings is 1. The van der Waals surface area contributed by atoms with Crippen LogP contribution >= 0.6 is 0 Å². The Morgan fingerprint density at radius 3 is 2.68 bits per heavy atom. The topological polar surface area (TPSA) is 78.3 Å². The fourth-order valence-electron chi connectivity index (χ4n) is 3.59. The third-order valence-corrected chi connectivity index (χ3v) is 5.20. The van der Waals surface area contributed by atoms with Crippen molar-refractivity contribution in [3.63, 3.8) is 0 Å². The summed E-state index contributed by atoms with van der Waals surface area (Å²) in [5.74, 6) is 0.311. The van der Waals surface area contributed by atoms with E-state index in [1.807, 2.05) is 0 Å². The molecule has 2 N–H and O–H groups in total. The highest BCUT2D eigenvalue weighted by molar-refractivity contribution is 5.94. The number of aromatic amines is 1. The van der Waals surface area contributed by atoms with Gasteiger partial charge < -0.3 is 19.6 Å². The second kappa shape index (κ2) is 7.86. The molecule has 3 heterocycles. The molecule has 28 heavy (non-hydrogen) atoms. The normalized spacial score (nSPS) is 16.9. The molecule has 0 saturated carbocycles. The number of piperazine rings is 1. The lowest BCUT2D eigenvalue weighted by Gasteiger charge is -2.36. The number of pyridine rings is 1. The first-order valence-electron chi connectivity index (χ1n) is 9.55. The van der Waals surface area contributed by atoms with Gasteiger partial charge in [-0.2, -0.15) is 0 Å². The van der Waals surface area contributed by atoms with Crippen LogP contribution < -0.4 is 10.9 Å². The number of hydrogen-bond acceptors (Lipinski definition) is 4. The van der Waals surface area contributed by atoms with Gasteiger partial charge in [-0.15, -0.1) is 0 Å². The van der Waals surface area contributed by atoms with Crippen molar-refractivity contribution >= 4 is 5.91 Å². The highest BCUT2D eigenvalue weighted by Gasteiger charge is 2.30. The number of hydrogen-bond donors (Lipinski definition) is 2. The van der Waals surface area contributed by atoms with Crippen LogP contribution in [0.15, 0.2) is 64.0 Å². The molecule has 0 bridgehead atoms.